The predicted octanol–water partition coefficient (Wildman–Crippen LogP) is 4.98. The Balaban J connectivity index is 1.26. The average Bonchev–Trinajstić information content (AvgIpc) is 3.27. The molecular formula is C26H29N7. The SMILES string of the molecule is CCN1CNc2cc3c(NCc4ccccc4NCCNc4ccccc4)ncnc3cc21. The van der Waals surface area contributed by atoms with Crippen LogP contribution in [0.15, 0.2) is 73.1 Å². The van der Waals surface area contributed by atoms with Crippen molar-refractivity contribution in [3.05, 3.63) is 78.6 Å². The van der Waals surface area contributed by atoms with Gasteiger partial charge in [-0.1, -0.05) is 36.4 Å². The van der Waals surface area contributed by atoms with Crippen molar-refractivity contribution in [2.75, 3.05) is 52.5 Å². The van der Waals surface area contributed by atoms with Crippen LogP contribution in [0, 0.1) is 0 Å². The minimum atomic E-state index is 0.674. The molecule has 0 aliphatic carbocycles. The first-order valence-corrected chi connectivity index (χ1v) is 11.4. The van der Waals surface area contributed by atoms with Gasteiger partial charge in [-0.15, -0.1) is 0 Å². The Labute approximate surface area is 194 Å². The number of aromatic nitrogens is 2. The van der Waals surface area contributed by atoms with Gasteiger partial charge in [-0.25, -0.2) is 9.97 Å². The summed E-state index contributed by atoms with van der Waals surface area (Å²) in [6.45, 7) is 6.30. The third-order valence-electron chi connectivity index (χ3n) is 5.94. The Morgan fingerprint density at radius 3 is 2.61 bits per heavy atom. The van der Waals surface area contributed by atoms with Gasteiger partial charge in [0.15, 0.2) is 0 Å². The lowest BCUT2D eigenvalue weighted by Gasteiger charge is -2.16. The van der Waals surface area contributed by atoms with Crippen molar-refractivity contribution in [3.63, 3.8) is 0 Å². The zero-order chi connectivity index (χ0) is 22.5. The van der Waals surface area contributed by atoms with Crippen LogP contribution in [-0.2, 0) is 6.54 Å². The minimum Gasteiger partial charge on any atom is -0.383 e. The Kier molecular flexibility index (Phi) is 6.10. The molecule has 0 saturated carbocycles. The molecule has 2 heterocycles. The molecule has 1 aromatic heterocycles. The quantitative estimate of drug-likeness (QED) is 0.274. The van der Waals surface area contributed by atoms with Gasteiger partial charge in [0.05, 0.1) is 23.6 Å². The van der Waals surface area contributed by atoms with Gasteiger partial charge in [0, 0.05) is 42.9 Å². The molecular weight excluding hydrogens is 410 g/mol. The molecule has 0 bridgehead atoms. The van der Waals surface area contributed by atoms with E-state index in [1.807, 2.05) is 18.2 Å². The van der Waals surface area contributed by atoms with Crippen LogP contribution in [0.25, 0.3) is 10.9 Å². The van der Waals surface area contributed by atoms with E-state index in [1.165, 1.54) is 11.3 Å². The first-order valence-electron chi connectivity index (χ1n) is 11.4. The average molecular weight is 440 g/mol. The van der Waals surface area contributed by atoms with E-state index in [0.29, 0.717) is 6.54 Å². The van der Waals surface area contributed by atoms with E-state index < -0.39 is 0 Å². The molecule has 0 fully saturated rings. The summed E-state index contributed by atoms with van der Waals surface area (Å²) in [6.07, 6.45) is 1.63. The van der Waals surface area contributed by atoms with E-state index in [4.69, 9.17) is 0 Å². The third kappa shape index (κ3) is 4.62. The van der Waals surface area contributed by atoms with E-state index in [1.54, 1.807) is 6.33 Å². The maximum atomic E-state index is 4.53. The van der Waals surface area contributed by atoms with Crippen LogP contribution in [0.5, 0.6) is 0 Å². The maximum Gasteiger partial charge on any atom is 0.137 e. The lowest BCUT2D eigenvalue weighted by molar-refractivity contribution is 0.911. The van der Waals surface area contributed by atoms with Crippen LogP contribution >= 0.6 is 0 Å². The van der Waals surface area contributed by atoms with Gasteiger partial charge in [-0.05, 0) is 42.8 Å². The molecule has 168 valence electrons. The summed E-state index contributed by atoms with van der Waals surface area (Å²) < 4.78 is 0. The van der Waals surface area contributed by atoms with Gasteiger partial charge in [0.25, 0.3) is 0 Å². The van der Waals surface area contributed by atoms with Gasteiger partial charge in [-0.2, -0.15) is 0 Å². The second-order valence-corrected chi connectivity index (χ2v) is 8.03. The number of benzene rings is 3. The highest BCUT2D eigenvalue weighted by Crippen LogP contribution is 2.36. The van der Waals surface area contributed by atoms with Crippen molar-refractivity contribution in [2.24, 2.45) is 0 Å². The molecule has 0 spiro atoms. The summed E-state index contributed by atoms with van der Waals surface area (Å²) in [7, 11) is 0. The summed E-state index contributed by atoms with van der Waals surface area (Å²) in [5.41, 5.74) is 6.74. The summed E-state index contributed by atoms with van der Waals surface area (Å²) in [5, 5.41) is 15.0. The van der Waals surface area contributed by atoms with E-state index in [-0.39, 0.29) is 0 Å². The second-order valence-electron chi connectivity index (χ2n) is 8.03. The van der Waals surface area contributed by atoms with Gasteiger partial charge in [-0.3, -0.25) is 0 Å². The smallest absolute Gasteiger partial charge is 0.137 e. The lowest BCUT2D eigenvalue weighted by Crippen LogP contribution is -2.21. The largest absolute Gasteiger partial charge is 0.383 e. The van der Waals surface area contributed by atoms with Crippen LogP contribution < -0.4 is 26.2 Å². The molecule has 33 heavy (non-hydrogen) atoms. The van der Waals surface area contributed by atoms with E-state index in [9.17, 15) is 0 Å². The van der Waals surface area contributed by atoms with Gasteiger partial charge < -0.3 is 26.2 Å². The Bertz CT molecular complexity index is 1230. The lowest BCUT2D eigenvalue weighted by atomic mass is 10.1. The van der Waals surface area contributed by atoms with Crippen LogP contribution in [0.3, 0.4) is 0 Å². The maximum absolute atomic E-state index is 4.53. The van der Waals surface area contributed by atoms with Crippen LogP contribution in [0.4, 0.5) is 28.6 Å². The minimum absolute atomic E-state index is 0.674. The highest BCUT2D eigenvalue weighted by Gasteiger charge is 2.19. The molecule has 0 atom stereocenters. The highest BCUT2D eigenvalue weighted by atomic mass is 15.3. The molecule has 1 aliphatic heterocycles. The zero-order valence-corrected chi connectivity index (χ0v) is 18.8. The van der Waals surface area contributed by atoms with Gasteiger partial charge in [0.2, 0.25) is 0 Å². The highest BCUT2D eigenvalue weighted by molar-refractivity contribution is 5.97. The predicted molar refractivity (Wildman–Crippen MR) is 138 cm³/mol. The second kappa shape index (κ2) is 9.65. The molecule has 7 heteroatoms. The number of rotatable bonds is 9. The zero-order valence-electron chi connectivity index (χ0n) is 18.8. The number of para-hydroxylation sites is 2. The van der Waals surface area contributed by atoms with Crippen LogP contribution in [-0.4, -0.2) is 36.3 Å². The van der Waals surface area contributed by atoms with Crippen molar-refractivity contribution in [1.82, 2.24) is 9.97 Å². The van der Waals surface area contributed by atoms with Crippen molar-refractivity contribution >= 4 is 39.5 Å². The number of hydrogen-bond acceptors (Lipinski definition) is 7. The Morgan fingerprint density at radius 2 is 1.73 bits per heavy atom. The molecule has 4 aromatic rings. The summed E-state index contributed by atoms with van der Waals surface area (Å²) in [6, 6.07) is 23.0. The normalized spacial score (nSPS) is 12.3. The number of fused-ring (bicyclic) bond motifs is 2. The third-order valence-corrected chi connectivity index (χ3v) is 5.94. The number of nitrogens with one attached hydrogen (secondary N) is 4. The molecule has 1 aliphatic rings. The summed E-state index contributed by atoms with van der Waals surface area (Å²) >= 11 is 0. The number of nitrogens with zero attached hydrogens (tertiary/aromatic N) is 3. The van der Waals surface area contributed by atoms with Crippen molar-refractivity contribution in [3.8, 4) is 0 Å². The molecule has 0 amide bonds. The molecule has 0 saturated heterocycles. The van der Waals surface area contributed by atoms with Gasteiger partial charge in [0.1, 0.15) is 12.1 Å². The van der Waals surface area contributed by atoms with E-state index in [2.05, 4.69) is 91.6 Å². The van der Waals surface area contributed by atoms with E-state index in [0.717, 1.165) is 60.1 Å². The van der Waals surface area contributed by atoms with Crippen molar-refractivity contribution < 1.29 is 0 Å². The first-order chi connectivity index (χ1) is 16.3. The van der Waals surface area contributed by atoms with Crippen molar-refractivity contribution in [2.45, 2.75) is 13.5 Å². The fourth-order valence-electron chi connectivity index (χ4n) is 4.17. The topological polar surface area (TPSA) is 77.1 Å². The van der Waals surface area contributed by atoms with Crippen LogP contribution in [0.1, 0.15) is 12.5 Å². The summed E-state index contributed by atoms with van der Waals surface area (Å²) in [4.78, 5) is 11.3. The molecule has 4 N–H and O–H groups in total. The molecule has 5 rings (SSSR count). The van der Waals surface area contributed by atoms with E-state index >= 15 is 0 Å². The number of hydrogen-bond donors (Lipinski definition) is 4. The summed E-state index contributed by atoms with van der Waals surface area (Å²) in [5.74, 6) is 0.847. The number of anilines is 5. The van der Waals surface area contributed by atoms with Crippen LogP contribution in [0.2, 0.25) is 0 Å². The van der Waals surface area contributed by atoms with Gasteiger partial charge >= 0.3 is 0 Å². The standard InChI is InChI=1S/C26H29N7/c1-2-33-18-32-24-14-21-23(15-25(24)33)30-17-31-26(21)29-16-19-8-6-7-11-22(19)28-13-12-27-20-9-4-3-5-10-20/h3-11,14-15,17,27-28,32H,2,12-13,16,18H2,1H3,(H,29,30,31). The monoisotopic (exact) mass is 439 g/mol. The molecule has 0 unspecified atom stereocenters. The molecule has 0 radical (unpaired) electrons. The Hall–Kier alpha value is -4.00. The fraction of sp³-hybridized carbons (Fsp3) is 0.231. The van der Waals surface area contributed by atoms with Crippen molar-refractivity contribution in [1.29, 1.82) is 0 Å². The Morgan fingerprint density at radius 1 is 0.909 bits per heavy atom. The molecule has 3 aromatic carbocycles. The fourth-order valence-corrected chi connectivity index (χ4v) is 4.17. The molecule has 7 nitrogen and oxygen atoms in total. The first kappa shape index (κ1) is 20.9.